The lowest BCUT2D eigenvalue weighted by Gasteiger charge is -2.30. The van der Waals surface area contributed by atoms with E-state index in [-0.39, 0.29) is 0 Å². The zero-order chi connectivity index (χ0) is 13.0. The molecular weight excluding hydrogens is 225 g/mol. The van der Waals surface area contributed by atoms with Gasteiger partial charge in [0, 0.05) is 12.5 Å². The Labute approximate surface area is 110 Å². The second kappa shape index (κ2) is 5.83. The summed E-state index contributed by atoms with van der Waals surface area (Å²) in [5, 5.41) is 3.44. The van der Waals surface area contributed by atoms with Gasteiger partial charge < -0.3 is 5.32 Å². The smallest absolute Gasteiger partial charge is 0.113 e. The van der Waals surface area contributed by atoms with Gasteiger partial charge in [-0.1, -0.05) is 30.7 Å². The second-order valence-corrected chi connectivity index (χ2v) is 5.87. The molecule has 1 nitrogen and oxygen atoms in total. The maximum absolute atomic E-state index is 14.7. The third kappa shape index (κ3) is 3.81. The fraction of sp³-hybridized carbons (Fsp3) is 0.625. The molecule has 2 atom stereocenters. The maximum Gasteiger partial charge on any atom is 0.113 e. The van der Waals surface area contributed by atoms with Crippen molar-refractivity contribution in [1.82, 2.24) is 5.32 Å². The summed E-state index contributed by atoms with van der Waals surface area (Å²) in [6, 6.07) is 8.47. The van der Waals surface area contributed by atoms with Crippen molar-refractivity contribution >= 4 is 0 Å². The molecule has 1 aliphatic rings. The van der Waals surface area contributed by atoms with Crippen molar-refractivity contribution in [3.63, 3.8) is 0 Å². The van der Waals surface area contributed by atoms with Crippen molar-refractivity contribution < 1.29 is 4.39 Å². The van der Waals surface area contributed by atoms with Crippen molar-refractivity contribution in [3.8, 4) is 0 Å². The van der Waals surface area contributed by atoms with E-state index in [4.69, 9.17) is 0 Å². The number of piperidine rings is 1. The molecule has 0 spiro atoms. The van der Waals surface area contributed by atoms with Crippen LogP contribution in [0.5, 0.6) is 0 Å². The minimum Gasteiger partial charge on any atom is -0.314 e. The molecule has 1 saturated heterocycles. The van der Waals surface area contributed by atoms with E-state index in [0.29, 0.717) is 18.9 Å². The quantitative estimate of drug-likeness (QED) is 0.856. The minimum atomic E-state index is -1.11. The zero-order valence-electron chi connectivity index (χ0n) is 11.5. The molecule has 1 aromatic carbocycles. The van der Waals surface area contributed by atoms with E-state index in [1.54, 1.807) is 6.92 Å². The number of benzene rings is 1. The first-order valence-corrected chi connectivity index (χ1v) is 7.04. The number of nitrogens with one attached hydrogen (secondary N) is 1. The number of hydrogen-bond donors (Lipinski definition) is 1. The molecule has 1 aliphatic heterocycles. The molecule has 100 valence electrons. The molecule has 0 radical (unpaired) electrons. The van der Waals surface area contributed by atoms with Crippen LogP contribution in [-0.4, -0.2) is 18.3 Å². The molecule has 1 heterocycles. The van der Waals surface area contributed by atoms with Crippen LogP contribution >= 0.6 is 0 Å². The summed E-state index contributed by atoms with van der Waals surface area (Å²) in [5.74, 6) is 0. The van der Waals surface area contributed by atoms with Crippen LogP contribution in [0.2, 0.25) is 0 Å². The molecule has 18 heavy (non-hydrogen) atoms. The van der Waals surface area contributed by atoms with Gasteiger partial charge in [0.15, 0.2) is 0 Å². The number of rotatable bonds is 4. The monoisotopic (exact) mass is 249 g/mol. The van der Waals surface area contributed by atoms with Crippen LogP contribution in [0.1, 0.15) is 43.7 Å². The molecule has 0 saturated carbocycles. The third-order valence-electron chi connectivity index (χ3n) is 3.90. The van der Waals surface area contributed by atoms with E-state index in [1.165, 1.54) is 18.4 Å². The van der Waals surface area contributed by atoms with Gasteiger partial charge in [0.25, 0.3) is 0 Å². The molecule has 2 unspecified atom stereocenters. The first-order valence-electron chi connectivity index (χ1n) is 7.04. The zero-order valence-corrected chi connectivity index (χ0v) is 11.5. The molecule has 0 amide bonds. The van der Waals surface area contributed by atoms with Crippen molar-refractivity contribution in [1.29, 1.82) is 0 Å². The Bertz CT molecular complexity index is 380. The number of hydrogen-bond acceptors (Lipinski definition) is 1. The van der Waals surface area contributed by atoms with Crippen LogP contribution in [0.25, 0.3) is 0 Å². The van der Waals surface area contributed by atoms with Crippen LogP contribution < -0.4 is 5.32 Å². The van der Waals surface area contributed by atoms with E-state index in [9.17, 15) is 4.39 Å². The molecule has 1 fully saturated rings. The second-order valence-electron chi connectivity index (χ2n) is 5.87. The van der Waals surface area contributed by atoms with Crippen LogP contribution in [-0.2, 0) is 6.42 Å². The van der Waals surface area contributed by atoms with Crippen molar-refractivity contribution in [2.45, 2.75) is 57.7 Å². The van der Waals surface area contributed by atoms with Gasteiger partial charge in [-0.2, -0.15) is 0 Å². The van der Waals surface area contributed by atoms with E-state index in [1.807, 2.05) is 18.2 Å². The van der Waals surface area contributed by atoms with E-state index in [2.05, 4.69) is 18.3 Å². The Morgan fingerprint density at radius 1 is 1.33 bits per heavy atom. The lowest BCUT2D eigenvalue weighted by atomic mass is 9.87. The first-order chi connectivity index (χ1) is 8.57. The summed E-state index contributed by atoms with van der Waals surface area (Å²) in [4.78, 5) is 0. The molecule has 2 heteroatoms. The van der Waals surface area contributed by atoms with Crippen molar-refractivity contribution in [2.75, 3.05) is 6.54 Å². The number of alkyl halides is 1. The summed E-state index contributed by atoms with van der Waals surface area (Å²) in [6.07, 6.45) is 4.74. The van der Waals surface area contributed by atoms with Crippen LogP contribution in [0, 0.1) is 6.92 Å². The molecule has 1 N–H and O–H groups in total. The Morgan fingerprint density at radius 2 is 2.11 bits per heavy atom. The van der Waals surface area contributed by atoms with E-state index in [0.717, 1.165) is 18.5 Å². The van der Waals surface area contributed by atoms with E-state index < -0.39 is 5.67 Å². The Morgan fingerprint density at radius 3 is 2.78 bits per heavy atom. The lowest BCUT2D eigenvalue weighted by molar-refractivity contribution is 0.145. The lowest BCUT2D eigenvalue weighted by Crippen LogP contribution is -2.40. The Hall–Kier alpha value is -0.890. The SMILES string of the molecule is Cc1ccccc1CC(C)(F)CC1CCCCN1. The highest BCUT2D eigenvalue weighted by atomic mass is 19.1. The van der Waals surface area contributed by atoms with Gasteiger partial charge in [-0.25, -0.2) is 4.39 Å². The van der Waals surface area contributed by atoms with Gasteiger partial charge in [0.2, 0.25) is 0 Å². The topological polar surface area (TPSA) is 12.0 Å². The molecule has 1 aromatic rings. The fourth-order valence-corrected chi connectivity index (χ4v) is 2.89. The summed E-state index contributed by atoms with van der Waals surface area (Å²) in [5.41, 5.74) is 1.22. The van der Waals surface area contributed by atoms with Gasteiger partial charge in [-0.3, -0.25) is 0 Å². The standard InChI is InChI=1S/C16H24FN/c1-13-7-3-4-8-14(13)11-16(2,17)12-15-9-5-6-10-18-15/h3-4,7-8,15,18H,5-6,9-12H2,1-2H3. The highest BCUT2D eigenvalue weighted by Crippen LogP contribution is 2.27. The summed E-state index contributed by atoms with van der Waals surface area (Å²) < 4.78 is 14.7. The van der Waals surface area contributed by atoms with Crippen LogP contribution in [0.4, 0.5) is 4.39 Å². The summed E-state index contributed by atoms with van der Waals surface area (Å²) in [7, 11) is 0. The highest BCUT2D eigenvalue weighted by molar-refractivity contribution is 5.27. The molecule has 0 aliphatic carbocycles. The average molecular weight is 249 g/mol. The normalized spacial score (nSPS) is 23.6. The van der Waals surface area contributed by atoms with Gasteiger partial charge in [-0.05, 0) is 50.8 Å². The summed E-state index contributed by atoms with van der Waals surface area (Å²) in [6.45, 7) is 4.85. The van der Waals surface area contributed by atoms with Crippen LogP contribution in [0.3, 0.4) is 0 Å². The molecular formula is C16H24FN. The fourth-order valence-electron chi connectivity index (χ4n) is 2.89. The maximum atomic E-state index is 14.7. The highest BCUT2D eigenvalue weighted by Gasteiger charge is 2.29. The molecule has 2 rings (SSSR count). The Balaban J connectivity index is 1.96. The van der Waals surface area contributed by atoms with Gasteiger partial charge >= 0.3 is 0 Å². The largest absolute Gasteiger partial charge is 0.314 e. The van der Waals surface area contributed by atoms with Gasteiger partial charge in [0.05, 0.1) is 0 Å². The van der Waals surface area contributed by atoms with Gasteiger partial charge in [0.1, 0.15) is 5.67 Å². The molecule has 0 bridgehead atoms. The molecule has 0 aromatic heterocycles. The number of halogens is 1. The predicted octanol–water partition coefficient (Wildman–Crippen LogP) is 3.80. The predicted molar refractivity (Wildman–Crippen MR) is 74.7 cm³/mol. The minimum absolute atomic E-state index is 0.359. The van der Waals surface area contributed by atoms with Gasteiger partial charge in [-0.15, -0.1) is 0 Å². The first kappa shape index (κ1) is 13.5. The Kier molecular flexibility index (Phi) is 4.39. The number of aryl methyl sites for hydroxylation is 1. The average Bonchev–Trinajstić information content (AvgIpc) is 2.32. The third-order valence-corrected chi connectivity index (χ3v) is 3.90. The van der Waals surface area contributed by atoms with Crippen molar-refractivity contribution in [2.24, 2.45) is 0 Å². The van der Waals surface area contributed by atoms with Crippen LogP contribution in [0.15, 0.2) is 24.3 Å². The summed E-state index contributed by atoms with van der Waals surface area (Å²) >= 11 is 0. The van der Waals surface area contributed by atoms with E-state index >= 15 is 0 Å². The van der Waals surface area contributed by atoms with Crippen molar-refractivity contribution in [3.05, 3.63) is 35.4 Å².